The van der Waals surface area contributed by atoms with Crippen LogP contribution in [0.15, 0.2) is 16.3 Å². The Morgan fingerprint density at radius 2 is 2.47 bits per heavy atom. The summed E-state index contributed by atoms with van der Waals surface area (Å²) in [6.07, 6.45) is 2.57. The number of carbonyl (C=O) groups excluding carboxylic acids is 1. The molecule has 1 aliphatic heterocycles. The van der Waals surface area contributed by atoms with Crippen molar-refractivity contribution in [2.75, 3.05) is 19.3 Å². The number of thiophene rings is 1. The van der Waals surface area contributed by atoms with E-state index in [1.807, 2.05) is 22.6 Å². The van der Waals surface area contributed by atoms with Crippen LogP contribution in [0.2, 0.25) is 0 Å². The standard InChI is InChI=1S/C12H17NO2S2/c1-8(14)9-3-5-13(7-9)12(15)11-10(16-2)4-6-17-11/h4,6,8-9,14H,3,5,7H2,1-2H3. The molecule has 1 N–H and O–H groups in total. The SMILES string of the molecule is CSc1ccsc1C(=O)N1CCC(C(C)O)C1. The Morgan fingerprint density at radius 1 is 1.71 bits per heavy atom. The fourth-order valence-electron chi connectivity index (χ4n) is 2.12. The summed E-state index contributed by atoms with van der Waals surface area (Å²) < 4.78 is 0. The smallest absolute Gasteiger partial charge is 0.265 e. The maximum atomic E-state index is 12.3. The number of rotatable bonds is 3. The molecule has 2 rings (SSSR count). The molecule has 94 valence electrons. The van der Waals surface area contributed by atoms with Crippen LogP contribution in [0.4, 0.5) is 0 Å². The summed E-state index contributed by atoms with van der Waals surface area (Å²) in [4.78, 5) is 16.1. The average Bonchev–Trinajstić information content (AvgIpc) is 2.96. The third-order valence-electron chi connectivity index (χ3n) is 3.24. The molecule has 3 nitrogen and oxygen atoms in total. The first kappa shape index (κ1) is 12.9. The van der Waals surface area contributed by atoms with Gasteiger partial charge in [0.1, 0.15) is 4.88 Å². The van der Waals surface area contributed by atoms with Gasteiger partial charge in [-0.3, -0.25) is 4.79 Å². The van der Waals surface area contributed by atoms with Gasteiger partial charge in [-0.25, -0.2) is 0 Å². The van der Waals surface area contributed by atoms with E-state index >= 15 is 0 Å². The molecule has 0 aromatic carbocycles. The van der Waals surface area contributed by atoms with Crippen LogP contribution in [-0.4, -0.2) is 41.4 Å². The van der Waals surface area contributed by atoms with Crippen molar-refractivity contribution < 1.29 is 9.90 Å². The Hall–Kier alpha value is -0.520. The second-order valence-corrected chi connectivity index (χ2v) is 6.12. The zero-order chi connectivity index (χ0) is 12.4. The fourth-order valence-corrected chi connectivity index (χ4v) is 3.83. The lowest BCUT2D eigenvalue weighted by atomic mass is 10.0. The van der Waals surface area contributed by atoms with Gasteiger partial charge in [-0.15, -0.1) is 23.1 Å². The second-order valence-electron chi connectivity index (χ2n) is 4.36. The van der Waals surface area contributed by atoms with Crippen molar-refractivity contribution in [3.05, 3.63) is 16.3 Å². The van der Waals surface area contributed by atoms with Gasteiger partial charge in [0.2, 0.25) is 0 Å². The number of hydrogen-bond acceptors (Lipinski definition) is 4. The lowest BCUT2D eigenvalue weighted by molar-refractivity contribution is 0.0764. The topological polar surface area (TPSA) is 40.5 Å². The van der Waals surface area contributed by atoms with E-state index in [-0.39, 0.29) is 17.9 Å². The third-order valence-corrected chi connectivity index (χ3v) is 5.05. The molecule has 17 heavy (non-hydrogen) atoms. The summed E-state index contributed by atoms with van der Waals surface area (Å²) in [7, 11) is 0. The molecule has 0 aliphatic carbocycles. The van der Waals surface area contributed by atoms with E-state index in [2.05, 4.69) is 0 Å². The van der Waals surface area contributed by atoms with Crippen LogP contribution in [0.25, 0.3) is 0 Å². The van der Waals surface area contributed by atoms with Crippen molar-refractivity contribution in [3.8, 4) is 0 Å². The van der Waals surface area contributed by atoms with Crippen molar-refractivity contribution in [2.24, 2.45) is 5.92 Å². The van der Waals surface area contributed by atoms with E-state index in [4.69, 9.17) is 0 Å². The van der Waals surface area contributed by atoms with Gasteiger partial charge in [-0.1, -0.05) is 0 Å². The highest BCUT2D eigenvalue weighted by molar-refractivity contribution is 7.98. The first-order valence-corrected chi connectivity index (χ1v) is 7.82. The van der Waals surface area contributed by atoms with Gasteiger partial charge in [-0.2, -0.15) is 0 Å². The lowest BCUT2D eigenvalue weighted by Crippen LogP contribution is -2.30. The number of carbonyl (C=O) groups is 1. The molecule has 1 aromatic rings. The molecular weight excluding hydrogens is 254 g/mol. The Bertz CT molecular complexity index is 403. The highest BCUT2D eigenvalue weighted by atomic mass is 32.2. The van der Waals surface area contributed by atoms with Crippen LogP contribution in [0.1, 0.15) is 23.0 Å². The summed E-state index contributed by atoms with van der Waals surface area (Å²) in [6, 6.07) is 1.99. The lowest BCUT2D eigenvalue weighted by Gasteiger charge is -2.17. The molecule has 1 saturated heterocycles. The zero-order valence-corrected chi connectivity index (χ0v) is 11.7. The Kier molecular flexibility index (Phi) is 4.12. The normalized spacial score (nSPS) is 21.8. The maximum absolute atomic E-state index is 12.3. The van der Waals surface area contributed by atoms with E-state index in [0.717, 1.165) is 22.7 Å². The van der Waals surface area contributed by atoms with Crippen LogP contribution >= 0.6 is 23.1 Å². The Morgan fingerprint density at radius 3 is 3.06 bits per heavy atom. The predicted octanol–water partition coefficient (Wildman–Crippen LogP) is 2.31. The van der Waals surface area contributed by atoms with Gasteiger partial charge in [0, 0.05) is 23.9 Å². The van der Waals surface area contributed by atoms with Gasteiger partial charge in [0.05, 0.1) is 6.10 Å². The van der Waals surface area contributed by atoms with Crippen molar-refractivity contribution in [2.45, 2.75) is 24.3 Å². The second kappa shape index (κ2) is 5.42. The first-order valence-electron chi connectivity index (χ1n) is 5.72. The van der Waals surface area contributed by atoms with Crippen molar-refractivity contribution in [1.29, 1.82) is 0 Å². The molecule has 0 saturated carbocycles. The highest BCUT2D eigenvalue weighted by Gasteiger charge is 2.30. The molecule has 0 spiro atoms. The van der Waals surface area contributed by atoms with Crippen LogP contribution < -0.4 is 0 Å². The van der Waals surface area contributed by atoms with Gasteiger partial charge in [-0.05, 0) is 31.0 Å². The van der Waals surface area contributed by atoms with E-state index in [1.54, 1.807) is 18.7 Å². The summed E-state index contributed by atoms with van der Waals surface area (Å²) in [5, 5.41) is 11.5. The number of nitrogens with zero attached hydrogens (tertiary/aromatic N) is 1. The van der Waals surface area contributed by atoms with Crippen LogP contribution in [0.5, 0.6) is 0 Å². The summed E-state index contributed by atoms with van der Waals surface area (Å²) in [5.74, 6) is 0.351. The zero-order valence-electron chi connectivity index (χ0n) is 10.0. The Balaban J connectivity index is 2.07. The quantitative estimate of drug-likeness (QED) is 0.858. The monoisotopic (exact) mass is 271 g/mol. The van der Waals surface area contributed by atoms with Crippen molar-refractivity contribution >= 4 is 29.0 Å². The minimum atomic E-state index is -0.323. The number of aliphatic hydroxyl groups is 1. The third kappa shape index (κ3) is 2.67. The van der Waals surface area contributed by atoms with E-state index < -0.39 is 0 Å². The van der Waals surface area contributed by atoms with Crippen LogP contribution in [0.3, 0.4) is 0 Å². The number of aliphatic hydroxyl groups excluding tert-OH is 1. The van der Waals surface area contributed by atoms with Gasteiger partial charge >= 0.3 is 0 Å². The molecule has 2 atom stereocenters. The van der Waals surface area contributed by atoms with Gasteiger partial charge < -0.3 is 10.0 Å². The molecule has 5 heteroatoms. The molecule has 0 radical (unpaired) electrons. The first-order chi connectivity index (χ1) is 8.13. The van der Waals surface area contributed by atoms with E-state index in [1.165, 1.54) is 11.3 Å². The molecule has 2 heterocycles. The van der Waals surface area contributed by atoms with Crippen LogP contribution in [-0.2, 0) is 0 Å². The molecule has 1 aliphatic rings. The summed E-state index contributed by atoms with van der Waals surface area (Å²) in [6.45, 7) is 3.25. The van der Waals surface area contributed by atoms with Crippen molar-refractivity contribution in [3.63, 3.8) is 0 Å². The van der Waals surface area contributed by atoms with Gasteiger partial charge in [0.15, 0.2) is 0 Å². The Labute approximate surface area is 110 Å². The number of thioether (sulfide) groups is 1. The summed E-state index contributed by atoms with van der Waals surface area (Å²) >= 11 is 3.11. The minimum Gasteiger partial charge on any atom is -0.393 e. The van der Waals surface area contributed by atoms with Crippen LogP contribution in [0, 0.1) is 5.92 Å². The summed E-state index contributed by atoms with van der Waals surface area (Å²) in [5.41, 5.74) is 0. The minimum absolute atomic E-state index is 0.118. The molecule has 2 unspecified atom stereocenters. The van der Waals surface area contributed by atoms with Gasteiger partial charge in [0.25, 0.3) is 5.91 Å². The predicted molar refractivity (Wildman–Crippen MR) is 71.8 cm³/mol. The molecule has 0 bridgehead atoms. The van der Waals surface area contributed by atoms with E-state index in [0.29, 0.717) is 6.54 Å². The average molecular weight is 271 g/mol. The number of hydrogen-bond donors (Lipinski definition) is 1. The maximum Gasteiger partial charge on any atom is 0.265 e. The molecule has 1 fully saturated rings. The number of likely N-dealkylation sites (tertiary alicyclic amines) is 1. The fraction of sp³-hybridized carbons (Fsp3) is 0.583. The van der Waals surface area contributed by atoms with E-state index in [9.17, 15) is 9.90 Å². The number of amides is 1. The van der Waals surface area contributed by atoms with Crippen molar-refractivity contribution in [1.82, 2.24) is 4.90 Å². The molecular formula is C12H17NO2S2. The molecule has 1 amide bonds. The molecule has 1 aromatic heterocycles. The largest absolute Gasteiger partial charge is 0.393 e. The highest BCUT2D eigenvalue weighted by Crippen LogP contribution is 2.29.